The quantitative estimate of drug-likeness (QED) is 0.741. The van der Waals surface area contributed by atoms with Crippen molar-refractivity contribution in [1.82, 2.24) is 10.6 Å². The van der Waals surface area contributed by atoms with E-state index in [4.69, 9.17) is 0 Å². The minimum absolute atomic E-state index is 0.0823. The Bertz CT molecular complexity index is 486. The van der Waals surface area contributed by atoms with Gasteiger partial charge >= 0.3 is 6.03 Å². The molecule has 2 aliphatic rings. The predicted octanol–water partition coefficient (Wildman–Crippen LogP) is 1.92. The first kappa shape index (κ1) is 11.3. The number of hydrogen-bond acceptors (Lipinski definition) is 2. The van der Waals surface area contributed by atoms with E-state index >= 15 is 0 Å². The van der Waals surface area contributed by atoms with Crippen LogP contribution in [0.25, 0.3) is 0 Å². The summed E-state index contributed by atoms with van der Waals surface area (Å²) in [7, 11) is 0. The van der Waals surface area contributed by atoms with Crippen molar-refractivity contribution >= 4 is 11.9 Å². The lowest BCUT2D eigenvalue weighted by atomic mass is 9.69. The highest BCUT2D eigenvalue weighted by Gasteiger charge is 2.52. The second-order valence-electron chi connectivity index (χ2n) is 5.09. The lowest BCUT2D eigenvalue weighted by Gasteiger charge is -2.38. The van der Waals surface area contributed by atoms with E-state index in [9.17, 15) is 9.59 Å². The van der Waals surface area contributed by atoms with E-state index in [1.807, 2.05) is 30.3 Å². The van der Waals surface area contributed by atoms with Crippen LogP contribution < -0.4 is 10.6 Å². The Morgan fingerprint density at radius 1 is 1.11 bits per heavy atom. The molecule has 1 saturated carbocycles. The van der Waals surface area contributed by atoms with Crippen molar-refractivity contribution in [2.24, 2.45) is 0 Å². The molecule has 3 amide bonds. The van der Waals surface area contributed by atoms with Gasteiger partial charge in [-0.1, -0.05) is 43.2 Å². The molecular weight excluding hydrogens is 228 g/mol. The maximum atomic E-state index is 12.2. The van der Waals surface area contributed by atoms with Crippen LogP contribution in [-0.2, 0) is 4.79 Å². The van der Waals surface area contributed by atoms with Gasteiger partial charge in [-0.15, -0.1) is 0 Å². The molecule has 3 rings (SSSR count). The number of carbonyl (C=O) groups is 2. The molecule has 4 heteroatoms. The summed E-state index contributed by atoms with van der Waals surface area (Å²) >= 11 is 0. The van der Waals surface area contributed by atoms with E-state index in [0.29, 0.717) is 0 Å². The van der Waals surface area contributed by atoms with Gasteiger partial charge in [0.2, 0.25) is 0 Å². The van der Waals surface area contributed by atoms with E-state index in [1.54, 1.807) is 0 Å². The van der Waals surface area contributed by atoms with Crippen molar-refractivity contribution in [2.45, 2.75) is 37.1 Å². The van der Waals surface area contributed by atoms with Gasteiger partial charge in [0.25, 0.3) is 5.91 Å². The Morgan fingerprint density at radius 2 is 1.89 bits per heavy atom. The van der Waals surface area contributed by atoms with Gasteiger partial charge in [-0.2, -0.15) is 0 Å². The zero-order chi connectivity index (χ0) is 12.6. The molecule has 1 spiro atoms. The van der Waals surface area contributed by atoms with Gasteiger partial charge in [-0.3, -0.25) is 10.1 Å². The number of amides is 3. The summed E-state index contributed by atoms with van der Waals surface area (Å²) in [5.41, 5.74) is 0.408. The Morgan fingerprint density at radius 3 is 2.56 bits per heavy atom. The SMILES string of the molecule is O=C1NC(=O)[C@]2(CCCC[C@@H]2c2ccccc2)N1. The van der Waals surface area contributed by atoms with Crippen molar-refractivity contribution in [3.05, 3.63) is 35.9 Å². The zero-order valence-electron chi connectivity index (χ0n) is 10.1. The molecule has 1 aromatic rings. The molecule has 0 aromatic heterocycles. The molecule has 4 nitrogen and oxygen atoms in total. The predicted molar refractivity (Wildman–Crippen MR) is 67.1 cm³/mol. The van der Waals surface area contributed by atoms with Gasteiger partial charge in [-0.25, -0.2) is 4.79 Å². The molecule has 1 aliphatic carbocycles. The highest BCUT2D eigenvalue weighted by atomic mass is 16.2. The summed E-state index contributed by atoms with van der Waals surface area (Å²) in [6.45, 7) is 0. The van der Waals surface area contributed by atoms with Crippen LogP contribution in [0.1, 0.15) is 37.2 Å². The molecule has 2 fully saturated rings. The summed E-state index contributed by atoms with van der Waals surface area (Å²) in [5.74, 6) is -0.0834. The third kappa shape index (κ3) is 1.60. The third-order valence-corrected chi connectivity index (χ3v) is 4.08. The summed E-state index contributed by atoms with van der Waals surface area (Å²) < 4.78 is 0. The van der Waals surface area contributed by atoms with E-state index in [1.165, 1.54) is 0 Å². The Kier molecular flexibility index (Phi) is 2.58. The molecule has 0 radical (unpaired) electrons. The molecule has 0 bridgehead atoms. The van der Waals surface area contributed by atoms with Gasteiger partial charge < -0.3 is 5.32 Å². The molecular formula is C14H16N2O2. The zero-order valence-corrected chi connectivity index (χ0v) is 10.1. The summed E-state index contributed by atoms with van der Waals surface area (Å²) in [5, 5.41) is 5.26. The first-order chi connectivity index (χ1) is 8.72. The fourth-order valence-electron chi connectivity index (χ4n) is 3.24. The van der Waals surface area contributed by atoms with Crippen molar-refractivity contribution < 1.29 is 9.59 Å². The Balaban J connectivity index is 2.01. The number of hydrogen-bond donors (Lipinski definition) is 2. The topological polar surface area (TPSA) is 58.2 Å². The molecule has 0 unspecified atom stereocenters. The van der Waals surface area contributed by atoms with E-state index in [-0.39, 0.29) is 17.9 Å². The molecule has 1 aromatic carbocycles. The van der Waals surface area contributed by atoms with Crippen LogP contribution in [0.2, 0.25) is 0 Å². The fraction of sp³-hybridized carbons (Fsp3) is 0.429. The molecule has 18 heavy (non-hydrogen) atoms. The van der Waals surface area contributed by atoms with E-state index in [0.717, 1.165) is 31.2 Å². The second kappa shape index (κ2) is 4.12. The molecule has 94 valence electrons. The Hall–Kier alpha value is -1.84. The number of rotatable bonds is 1. The van der Waals surface area contributed by atoms with Crippen LogP contribution in [0.15, 0.2) is 30.3 Å². The van der Waals surface area contributed by atoms with Crippen molar-refractivity contribution in [2.75, 3.05) is 0 Å². The van der Waals surface area contributed by atoms with E-state index in [2.05, 4.69) is 10.6 Å². The lowest BCUT2D eigenvalue weighted by molar-refractivity contribution is -0.125. The average Bonchev–Trinajstić information content (AvgIpc) is 2.66. The summed E-state index contributed by atoms with van der Waals surface area (Å²) in [4.78, 5) is 23.6. The molecule has 2 atom stereocenters. The minimum Gasteiger partial charge on any atom is -0.323 e. The van der Waals surface area contributed by atoms with Gasteiger partial charge in [0.05, 0.1) is 0 Å². The van der Waals surface area contributed by atoms with Crippen LogP contribution in [0.5, 0.6) is 0 Å². The van der Waals surface area contributed by atoms with Crippen LogP contribution >= 0.6 is 0 Å². The second-order valence-corrected chi connectivity index (χ2v) is 5.09. The molecule has 1 saturated heterocycles. The largest absolute Gasteiger partial charge is 0.323 e. The van der Waals surface area contributed by atoms with Crippen LogP contribution in [0.3, 0.4) is 0 Å². The first-order valence-corrected chi connectivity index (χ1v) is 6.41. The summed E-state index contributed by atoms with van der Waals surface area (Å²) in [6.07, 6.45) is 3.75. The van der Waals surface area contributed by atoms with Gasteiger partial charge in [0.15, 0.2) is 0 Å². The van der Waals surface area contributed by atoms with Gasteiger partial charge in [0.1, 0.15) is 5.54 Å². The normalized spacial score (nSPS) is 31.2. The third-order valence-electron chi connectivity index (χ3n) is 4.08. The average molecular weight is 244 g/mol. The molecule has 1 heterocycles. The Labute approximate surface area is 106 Å². The van der Waals surface area contributed by atoms with Crippen LogP contribution in [0.4, 0.5) is 4.79 Å². The fourth-order valence-corrected chi connectivity index (χ4v) is 3.24. The smallest absolute Gasteiger partial charge is 0.322 e. The van der Waals surface area contributed by atoms with Crippen molar-refractivity contribution in [3.63, 3.8) is 0 Å². The lowest BCUT2D eigenvalue weighted by Crippen LogP contribution is -2.53. The number of benzene rings is 1. The van der Waals surface area contributed by atoms with Gasteiger partial charge in [0, 0.05) is 5.92 Å². The number of imide groups is 1. The monoisotopic (exact) mass is 244 g/mol. The maximum Gasteiger partial charge on any atom is 0.322 e. The van der Waals surface area contributed by atoms with Gasteiger partial charge in [-0.05, 0) is 18.4 Å². The van der Waals surface area contributed by atoms with Crippen LogP contribution in [0, 0.1) is 0 Å². The van der Waals surface area contributed by atoms with Crippen LogP contribution in [-0.4, -0.2) is 17.5 Å². The highest BCUT2D eigenvalue weighted by molar-refractivity contribution is 6.07. The number of nitrogens with one attached hydrogen (secondary N) is 2. The summed E-state index contributed by atoms with van der Waals surface area (Å²) in [6, 6.07) is 9.64. The number of urea groups is 1. The molecule has 2 N–H and O–H groups in total. The first-order valence-electron chi connectivity index (χ1n) is 6.41. The molecule has 1 aliphatic heterocycles. The van der Waals surface area contributed by atoms with Crippen molar-refractivity contribution in [3.8, 4) is 0 Å². The van der Waals surface area contributed by atoms with E-state index < -0.39 is 5.54 Å². The highest BCUT2D eigenvalue weighted by Crippen LogP contribution is 2.42. The standard InChI is InChI=1S/C14H16N2O2/c17-12-14(16-13(18)15-12)9-5-4-8-11(14)10-6-2-1-3-7-10/h1-3,6-7,11H,4-5,8-9H2,(H2,15,16,17,18)/t11-,14-/m1/s1. The number of carbonyl (C=O) groups excluding carboxylic acids is 2. The van der Waals surface area contributed by atoms with Crippen molar-refractivity contribution in [1.29, 1.82) is 0 Å². The maximum absolute atomic E-state index is 12.2. The minimum atomic E-state index is -0.726.